The van der Waals surface area contributed by atoms with E-state index in [2.05, 4.69) is 32.6 Å². The van der Waals surface area contributed by atoms with Gasteiger partial charge in [-0.05, 0) is 91.0 Å². The van der Waals surface area contributed by atoms with Crippen LogP contribution in [0.1, 0.15) is 56.6 Å². The second kappa shape index (κ2) is 4.75. The lowest BCUT2D eigenvalue weighted by atomic mass is 9.54. The highest BCUT2D eigenvalue weighted by Crippen LogP contribution is 2.62. The summed E-state index contributed by atoms with van der Waals surface area (Å²) in [5, 5.41) is 9.75. The molecular formula is C21H26O. The Morgan fingerprint density at radius 2 is 2.14 bits per heavy atom. The fourth-order valence-corrected chi connectivity index (χ4v) is 5.80. The molecule has 0 aromatic heterocycles. The summed E-state index contributed by atoms with van der Waals surface area (Å²) in [6, 6.07) is 6.05. The van der Waals surface area contributed by atoms with Gasteiger partial charge < -0.3 is 5.11 Å². The number of phenols is 1. The molecular weight excluding hydrogens is 268 g/mol. The van der Waals surface area contributed by atoms with Crippen LogP contribution in [0, 0.1) is 17.3 Å². The van der Waals surface area contributed by atoms with Crippen LogP contribution < -0.4 is 0 Å². The van der Waals surface area contributed by atoms with Gasteiger partial charge in [0.05, 0.1) is 0 Å². The first-order valence-corrected chi connectivity index (χ1v) is 8.69. The molecule has 1 heteroatoms. The van der Waals surface area contributed by atoms with Gasteiger partial charge in [0.1, 0.15) is 5.75 Å². The minimum atomic E-state index is 0.349. The number of aryl methyl sites for hydroxylation is 1. The van der Waals surface area contributed by atoms with Crippen molar-refractivity contribution in [2.24, 2.45) is 17.3 Å². The molecule has 0 aliphatic heterocycles. The van der Waals surface area contributed by atoms with E-state index >= 15 is 0 Å². The molecule has 1 fully saturated rings. The Labute approximate surface area is 133 Å². The number of hydrogen-bond donors (Lipinski definition) is 1. The topological polar surface area (TPSA) is 20.2 Å². The lowest BCUT2D eigenvalue weighted by Crippen LogP contribution is -2.41. The summed E-state index contributed by atoms with van der Waals surface area (Å²) in [4.78, 5) is 0. The van der Waals surface area contributed by atoms with Gasteiger partial charge in [-0.25, -0.2) is 0 Å². The fraction of sp³-hybridized carbons (Fsp3) is 0.524. The summed E-state index contributed by atoms with van der Waals surface area (Å²) in [5.74, 6) is 2.69. The lowest BCUT2D eigenvalue weighted by molar-refractivity contribution is 0.0766. The van der Waals surface area contributed by atoms with Crippen molar-refractivity contribution in [1.82, 2.24) is 0 Å². The Bertz CT molecular complexity index is 668. The molecule has 0 spiro atoms. The third kappa shape index (κ3) is 1.84. The predicted molar refractivity (Wildman–Crippen MR) is 91.0 cm³/mol. The van der Waals surface area contributed by atoms with Gasteiger partial charge in [-0.3, -0.25) is 0 Å². The molecule has 1 N–H and O–H groups in total. The van der Waals surface area contributed by atoms with Gasteiger partial charge in [0.25, 0.3) is 0 Å². The van der Waals surface area contributed by atoms with E-state index in [1.54, 1.807) is 0 Å². The molecule has 0 radical (unpaired) electrons. The maximum absolute atomic E-state index is 9.75. The average Bonchev–Trinajstić information content (AvgIpc) is 2.84. The van der Waals surface area contributed by atoms with Gasteiger partial charge >= 0.3 is 0 Å². The molecule has 0 saturated heterocycles. The van der Waals surface area contributed by atoms with Crippen LogP contribution in [-0.4, -0.2) is 5.11 Å². The third-order valence-electron chi connectivity index (χ3n) is 6.75. The zero-order valence-corrected chi connectivity index (χ0v) is 13.7. The maximum Gasteiger partial charge on any atom is 0.115 e. The predicted octanol–water partition coefficient (Wildman–Crippen LogP) is 5.36. The minimum Gasteiger partial charge on any atom is -0.508 e. The van der Waals surface area contributed by atoms with Crippen LogP contribution in [0.2, 0.25) is 0 Å². The number of phenolic OH excluding ortho intramolecular Hbond substituents is 1. The average molecular weight is 294 g/mol. The van der Waals surface area contributed by atoms with Crippen LogP contribution in [0.5, 0.6) is 5.75 Å². The largest absolute Gasteiger partial charge is 0.508 e. The van der Waals surface area contributed by atoms with E-state index in [1.165, 1.54) is 48.0 Å². The Kier molecular flexibility index (Phi) is 3.04. The van der Waals surface area contributed by atoms with E-state index in [0.29, 0.717) is 17.1 Å². The first-order valence-electron chi connectivity index (χ1n) is 8.69. The van der Waals surface area contributed by atoms with E-state index < -0.39 is 0 Å². The number of benzene rings is 1. The second-order valence-electron chi connectivity index (χ2n) is 7.89. The highest BCUT2D eigenvalue weighted by molar-refractivity contribution is 5.43. The van der Waals surface area contributed by atoms with Crippen molar-refractivity contribution in [3.05, 3.63) is 53.1 Å². The molecule has 1 saturated carbocycles. The monoisotopic (exact) mass is 294 g/mol. The number of hydrogen-bond acceptors (Lipinski definition) is 1. The molecule has 0 heterocycles. The van der Waals surface area contributed by atoms with Crippen LogP contribution in [-0.2, 0) is 6.42 Å². The van der Waals surface area contributed by atoms with E-state index in [0.717, 1.165) is 18.3 Å². The van der Waals surface area contributed by atoms with Crippen molar-refractivity contribution in [2.75, 3.05) is 0 Å². The number of aromatic hydroxyl groups is 1. The molecule has 1 aromatic rings. The van der Waals surface area contributed by atoms with Crippen molar-refractivity contribution in [2.45, 2.75) is 51.9 Å². The summed E-state index contributed by atoms with van der Waals surface area (Å²) in [6.07, 6.45) is 8.66. The third-order valence-corrected chi connectivity index (χ3v) is 6.75. The number of fused-ring (bicyclic) bond motifs is 5. The Hall–Kier alpha value is -1.50. The molecule has 0 bridgehead atoms. The van der Waals surface area contributed by atoms with Crippen molar-refractivity contribution >= 4 is 0 Å². The SMILES string of the molecule is C=C(C)C1=CCC2C3CCc4cc(O)ccc4C3CCC12C. The molecule has 1 aromatic carbocycles. The molecule has 4 rings (SSSR count). The van der Waals surface area contributed by atoms with Gasteiger partial charge in [-0.2, -0.15) is 0 Å². The minimum absolute atomic E-state index is 0.349. The van der Waals surface area contributed by atoms with Gasteiger partial charge in [0.15, 0.2) is 0 Å². The Morgan fingerprint density at radius 1 is 1.32 bits per heavy atom. The smallest absolute Gasteiger partial charge is 0.115 e. The van der Waals surface area contributed by atoms with E-state index in [9.17, 15) is 5.11 Å². The summed E-state index contributed by atoms with van der Waals surface area (Å²) in [7, 11) is 0. The summed E-state index contributed by atoms with van der Waals surface area (Å²) < 4.78 is 0. The van der Waals surface area contributed by atoms with Crippen molar-refractivity contribution in [3.8, 4) is 5.75 Å². The normalized spacial score (nSPS) is 36.1. The molecule has 0 amide bonds. The number of rotatable bonds is 1. The van der Waals surface area contributed by atoms with Gasteiger partial charge in [-0.1, -0.05) is 31.2 Å². The van der Waals surface area contributed by atoms with Gasteiger partial charge in [0.2, 0.25) is 0 Å². The Morgan fingerprint density at radius 3 is 2.91 bits per heavy atom. The van der Waals surface area contributed by atoms with Gasteiger partial charge in [0, 0.05) is 0 Å². The molecule has 22 heavy (non-hydrogen) atoms. The second-order valence-corrected chi connectivity index (χ2v) is 7.89. The fourth-order valence-electron chi connectivity index (χ4n) is 5.80. The summed E-state index contributed by atoms with van der Waals surface area (Å²) in [5.41, 5.74) is 6.05. The summed E-state index contributed by atoms with van der Waals surface area (Å²) in [6.45, 7) is 8.88. The van der Waals surface area contributed by atoms with Crippen molar-refractivity contribution in [3.63, 3.8) is 0 Å². The first kappa shape index (κ1) is 14.1. The molecule has 3 aliphatic carbocycles. The van der Waals surface area contributed by atoms with E-state index in [4.69, 9.17) is 0 Å². The highest BCUT2D eigenvalue weighted by Gasteiger charge is 2.51. The zero-order valence-electron chi connectivity index (χ0n) is 13.7. The van der Waals surface area contributed by atoms with Crippen LogP contribution in [0.4, 0.5) is 0 Å². The summed E-state index contributed by atoms with van der Waals surface area (Å²) >= 11 is 0. The lowest BCUT2D eigenvalue weighted by Gasteiger charge is -2.50. The van der Waals surface area contributed by atoms with E-state index in [1.807, 2.05) is 12.1 Å². The van der Waals surface area contributed by atoms with E-state index in [-0.39, 0.29) is 0 Å². The Balaban J connectivity index is 1.70. The standard InChI is InChI=1S/C21H26O/c1-13(2)19-8-9-20-18-6-4-14-12-15(22)5-7-16(14)17(18)10-11-21(19,20)3/h5,7-8,12,17-18,20,22H,1,4,6,9-11H2,2-3H3. The van der Waals surface area contributed by atoms with Crippen LogP contribution in [0.25, 0.3) is 0 Å². The van der Waals surface area contributed by atoms with Crippen molar-refractivity contribution in [1.29, 1.82) is 0 Å². The molecule has 3 aliphatic rings. The quantitative estimate of drug-likeness (QED) is 0.739. The maximum atomic E-state index is 9.75. The van der Waals surface area contributed by atoms with Crippen LogP contribution in [0.15, 0.2) is 42.0 Å². The molecule has 4 unspecified atom stereocenters. The van der Waals surface area contributed by atoms with Crippen molar-refractivity contribution < 1.29 is 5.11 Å². The molecule has 4 atom stereocenters. The molecule has 1 nitrogen and oxygen atoms in total. The van der Waals surface area contributed by atoms with Crippen LogP contribution >= 0.6 is 0 Å². The molecule has 116 valence electrons. The zero-order chi connectivity index (χ0) is 15.5. The highest BCUT2D eigenvalue weighted by atomic mass is 16.3. The van der Waals surface area contributed by atoms with Crippen LogP contribution in [0.3, 0.4) is 0 Å². The van der Waals surface area contributed by atoms with Gasteiger partial charge in [-0.15, -0.1) is 0 Å². The first-order chi connectivity index (χ1) is 10.5. The number of allylic oxidation sites excluding steroid dienone is 3.